The number of carbonyl (C=O) groups excluding carboxylic acids is 1. The van der Waals surface area contributed by atoms with Crippen LogP contribution in [0.2, 0.25) is 0 Å². The summed E-state index contributed by atoms with van der Waals surface area (Å²) >= 11 is 3.24. The summed E-state index contributed by atoms with van der Waals surface area (Å²) in [5.74, 6) is -0.560. The Bertz CT molecular complexity index is 691. The predicted octanol–water partition coefficient (Wildman–Crippen LogP) is 3.54. The van der Waals surface area contributed by atoms with E-state index in [0.29, 0.717) is 17.6 Å². The first-order valence-electron chi connectivity index (χ1n) is 6.93. The highest BCUT2D eigenvalue weighted by molar-refractivity contribution is 9.10. The number of benzene rings is 1. The molecule has 0 saturated carbocycles. The molecule has 8 heteroatoms. The van der Waals surface area contributed by atoms with Gasteiger partial charge in [0.05, 0.1) is 17.8 Å². The smallest absolute Gasteiger partial charge is 0.387 e. The second-order valence-electron chi connectivity index (χ2n) is 4.82. The molecule has 2 aromatic rings. The summed E-state index contributed by atoms with van der Waals surface area (Å²) in [6.45, 7) is -0.0512. The van der Waals surface area contributed by atoms with E-state index in [4.69, 9.17) is 0 Å². The Morgan fingerprint density at radius 1 is 1.43 bits per heavy atom. The molecule has 0 aliphatic heterocycles. The van der Waals surface area contributed by atoms with Gasteiger partial charge < -0.3 is 9.64 Å². The lowest BCUT2D eigenvalue weighted by Gasteiger charge is -2.19. The van der Waals surface area contributed by atoms with Crippen molar-refractivity contribution in [2.24, 2.45) is 0 Å². The van der Waals surface area contributed by atoms with Crippen LogP contribution in [0.3, 0.4) is 0 Å². The van der Waals surface area contributed by atoms with Gasteiger partial charge >= 0.3 is 6.61 Å². The molecule has 124 valence electrons. The van der Waals surface area contributed by atoms with E-state index in [1.165, 1.54) is 17.0 Å². The monoisotopic (exact) mass is 387 g/mol. The van der Waals surface area contributed by atoms with E-state index in [-0.39, 0.29) is 11.3 Å². The van der Waals surface area contributed by atoms with Crippen LogP contribution in [-0.4, -0.2) is 34.2 Å². The lowest BCUT2D eigenvalue weighted by molar-refractivity contribution is -0.0502. The Morgan fingerprint density at radius 3 is 2.83 bits per heavy atom. The Labute approximate surface area is 141 Å². The average Bonchev–Trinajstić information content (AvgIpc) is 2.95. The zero-order chi connectivity index (χ0) is 17.0. The Morgan fingerprint density at radius 2 is 2.17 bits per heavy atom. The zero-order valence-electron chi connectivity index (χ0n) is 12.7. The number of alkyl halides is 2. The van der Waals surface area contributed by atoms with Crippen LogP contribution in [0.25, 0.3) is 0 Å². The molecule has 0 N–H and O–H groups in total. The van der Waals surface area contributed by atoms with Crippen molar-refractivity contribution < 1.29 is 18.3 Å². The van der Waals surface area contributed by atoms with Gasteiger partial charge in [-0.3, -0.25) is 9.48 Å². The first-order valence-corrected chi connectivity index (χ1v) is 7.72. The summed E-state index contributed by atoms with van der Waals surface area (Å²) in [4.78, 5) is 14.0. The molecule has 0 atom stereocenters. The first-order chi connectivity index (χ1) is 10.9. The molecule has 23 heavy (non-hydrogen) atoms. The van der Waals surface area contributed by atoms with Crippen LogP contribution in [0.5, 0.6) is 5.75 Å². The molecule has 2 rings (SSSR count). The van der Waals surface area contributed by atoms with E-state index < -0.39 is 12.5 Å². The number of halogens is 3. The minimum absolute atomic E-state index is 0.0738. The topological polar surface area (TPSA) is 47.4 Å². The second-order valence-corrected chi connectivity index (χ2v) is 5.73. The van der Waals surface area contributed by atoms with Crippen LogP contribution in [0, 0.1) is 0 Å². The van der Waals surface area contributed by atoms with Crippen molar-refractivity contribution in [3.05, 3.63) is 46.2 Å². The van der Waals surface area contributed by atoms with E-state index in [1.54, 1.807) is 24.0 Å². The van der Waals surface area contributed by atoms with Crippen molar-refractivity contribution in [3.63, 3.8) is 0 Å². The third-order valence-corrected chi connectivity index (χ3v) is 3.73. The largest absolute Gasteiger partial charge is 0.434 e. The molecule has 1 heterocycles. The van der Waals surface area contributed by atoms with Crippen LogP contribution in [0.1, 0.15) is 23.0 Å². The number of carbonyl (C=O) groups is 1. The fourth-order valence-electron chi connectivity index (χ4n) is 2.17. The standard InChI is InChI=1S/C15H16BrF2N3O2/c1-3-21-11(6-7-19-21)9-20(2)14(22)12-8-10(16)4-5-13(12)23-15(17)18/h4-8,15H,3,9H2,1-2H3. The van der Waals surface area contributed by atoms with Crippen LogP contribution >= 0.6 is 15.9 Å². The third-order valence-electron chi connectivity index (χ3n) is 3.24. The van der Waals surface area contributed by atoms with Crippen LogP contribution in [0.15, 0.2) is 34.9 Å². The average molecular weight is 388 g/mol. The second kappa shape index (κ2) is 7.54. The molecule has 0 fully saturated rings. The molecular weight excluding hydrogens is 372 g/mol. The minimum Gasteiger partial charge on any atom is -0.434 e. The highest BCUT2D eigenvalue weighted by Crippen LogP contribution is 2.26. The number of aryl methyl sites for hydroxylation is 1. The molecule has 1 aromatic heterocycles. The van der Waals surface area contributed by atoms with E-state index in [1.807, 2.05) is 13.0 Å². The van der Waals surface area contributed by atoms with Gasteiger partial charge in [0, 0.05) is 24.3 Å². The van der Waals surface area contributed by atoms with Crippen molar-refractivity contribution in [1.82, 2.24) is 14.7 Å². The van der Waals surface area contributed by atoms with Crippen LogP contribution in [0.4, 0.5) is 8.78 Å². The van der Waals surface area contributed by atoms with Gasteiger partial charge in [0.15, 0.2) is 0 Å². The summed E-state index contributed by atoms with van der Waals surface area (Å²) in [6, 6.07) is 6.16. The fraction of sp³-hybridized carbons (Fsp3) is 0.333. The highest BCUT2D eigenvalue weighted by atomic mass is 79.9. The van der Waals surface area contributed by atoms with Crippen LogP contribution < -0.4 is 4.74 Å². The number of ether oxygens (including phenoxy) is 1. The zero-order valence-corrected chi connectivity index (χ0v) is 14.3. The summed E-state index contributed by atoms with van der Waals surface area (Å²) in [6.07, 6.45) is 1.65. The maximum absolute atomic E-state index is 12.6. The number of hydrogen-bond acceptors (Lipinski definition) is 3. The molecule has 0 saturated heterocycles. The van der Waals surface area contributed by atoms with Gasteiger partial charge in [0.2, 0.25) is 0 Å². The summed E-state index contributed by atoms with van der Waals surface area (Å²) in [7, 11) is 1.60. The molecule has 0 aliphatic rings. The molecule has 0 radical (unpaired) electrons. The molecular formula is C15H16BrF2N3O2. The lowest BCUT2D eigenvalue weighted by Crippen LogP contribution is -2.28. The maximum Gasteiger partial charge on any atom is 0.387 e. The predicted molar refractivity (Wildman–Crippen MR) is 84.5 cm³/mol. The normalized spacial score (nSPS) is 10.9. The number of nitrogens with zero attached hydrogens (tertiary/aromatic N) is 3. The SMILES string of the molecule is CCn1nccc1CN(C)C(=O)c1cc(Br)ccc1OC(F)F. The summed E-state index contributed by atoms with van der Waals surface area (Å²) < 4.78 is 31.8. The van der Waals surface area contributed by atoms with Crippen molar-refractivity contribution in [1.29, 1.82) is 0 Å². The van der Waals surface area contributed by atoms with E-state index in [2.05, 4.69) is 25.8 Å². The van der Waals surface area contributed by atoms with Crippen LogP contribution in [-0.2, 0) is 13.1 Å². The van der Waals surface area contributed by atoms with E-state index in [0.717, 1.165) is 5.69 Å². The molecule has 1 aromatic carbocycles. The van der Waals surface area contributed by atoms with Gasteiger partial charge in [-0.2, -0.15) is 13.9 Å². The summed E-state index contributed by atoms with van der Waals surface area (Å²) in [5.41, 5.74) is 0.930. The number of aromatic nitrogens is 2. The Balaban J connectivity index is 2.23. The van der Waals surface area contributed by atoms with E-state index in [9.17, 15) is 13.6 Å². The first kappa shape index (κ1) is 17.4. The van der Waals surface area contributed by atoms with Gasteiger partial charge in [-0.1, -0.05) is 15.9 Å². The van der Waals surface area contributed by atoms with Gasteiger partial charge in [-0.05, 0) is 31.2 Å². The molecule has 0 bridgehead atoms. The molecule has 5 nitrogen and oxygen atoms in total. The number of hydrogen-bond donors (Lipinski definition) is 0. The van der Waals surface area contributed by atoms with Crippen molar-refractivity contribution in [2.75, 3.05) is 7.05 Å². The molecule has 1 amide bonds. The molecule has 0 unspecified atom stereocenters. The maximum atomic E-state index is 12.6. The van der Waals surface area contributed by atoms with Gasteiger partial charge in [0.25, 0.3) is 5.91 Å². The minimum atomic E-state index is -2.99. The Hall–Kier alpha value is -1.96. The van der Waals surface area contributed by atoms with Gasteiger partial charge in [-0.25, -0.2) is 0 Å². The summed E-state index contributed by atoms with van der Waals surface area (Å²) in [5, 5.41) is 4.14. The van der Waals surface area contributed by atoms with Gasteiger partial charge in [0.1, 0.15) is 5.75 Å². The fourth-order valence-corrected chi connectivity index (χ4v) is 2.53. The van der Waals surface area contributed by atoms with Crippen molar-refractivity contribution in [3.8, 4) is 5.75 Å². The van der Waals surface area contributed by atoms with Gasteiger partial charge in [-0.15, -0.1) is 0 Å². The van der Waals surface area contributed by atoms with Crippen molar-refractivity contribution in [2.45, 2.75) is 26.6 Å². The van der Waals surface area contributed by atoms with E-state index >= 15 is 0 Å². The molecule has 0 aliphatic carbocycles. The third kappa shape index (κ3) is 4.28. The Kier molecular flexibility index (Phi) is 5.70. The lowest BCUT2D eigenvalue weighted by atomic mass is 10.1. The number of amides is 1. The van der Waals surface area contributed by atoms with Crippen molar-refractivity contribution >= 4 is 21.8 Å². The highest BCUT2D eigenvalue weighted by Gasteiger charge is 2.20. The quantitative estimate of drug-likeness (QED) is 0.761. The molecule has 0 spiro atoms. The number of rotatable bonds is 6.